The van der Waals surface area contributed by atoms with Crippen molar-refractivity contribution in [1.82, 2.24) is 64.4 Å². The number of carbonyl (C=O) groups excluding carboxylic acids is 10. The first kappa shape index (κ1) is 89.3. The second-order valence-corrected chi connectivity index (χ2v) is 27.4. The highest BCUT2D eigenvalue weighted by Gasteiger charge is 2.33. The Labute approximate surface area is 681 Å². The monoisotopic (exact) mass is 1640 g/mol. The van der Waals surface area contributed by atoms with E-state index in [1.807, 2.05) is 53.4 Å². The second-order valence-electron chi connectivity index (χ2n) is 27.0. The summed E-state index contributed by atoms with van der Waals surface area (Å²) in [6.07, 6.45) is 9.54. The van der Waals surface area contributed by atoms with E-state index in [0.717, 1.165) is 34.5 Å². The molecule has 117 heavy (non-hydrogen) atoms. The largest absolute Gasteiger partial charge is 0.378 e. The van der Waals surface area contributed by atoms with Crippen molar-refractivity contribution in [3.05, 3.63) is 161 Å². The van der Waals surface area contributed by atoms with Gasteiger partial charge in [-0.25, -0.2) is 15.0 Å². The first-order chi connectivity index (χ1) is 56.5. The Bertz CT molecular complexity index is 4650. The van der Waals surface area contributed by atoms with Crippen molar-refractivity contribution >= 4 is 105 Å². The van der Waals surface area contributed by atoms with Gasteiger partial charge >= 0.3 is 0 Å². The van der Waals surface area contributed by atoms with E-state index in [9.17, 15) is 47.9 Å². The van der Waals surface area contributed by atoms with E-state index in [-0.39, 0.29) is 128 Å². The van der Waals surface area contributed by atoms with Crippen LogP contribution in [0.2, 0.25) is 5.02 Å². The van der Waals surface area contributed by atoms with Crippen LogP contribution in [0.15, 0.2) is 116 Å². The fourth-order valence-electron chi connectivity index (χ4n) is 12.2. The van der Waals surface area contributed by atoms with Crippen molar-refractivity contribution in [3.63, 3.8) is 0 Å². The molecular formula is C79H102ClN19O18. The summed E-state index contributed by atoms with van der Waals surface area (Å²) < 4.78 is 51.9. The fraction of sp³-hybridized carbons (Fsp3) is 0.430. The molecule has 0 radical (unpaired) electrons. The maximum Gasteiger partial charge on any atom is 0.291 e. The predicted octanol–water partition coefficient (Wildman–Crippen LogP) is 5.00. The maximum absolute atomic E-state index is 13.3. The molecular weight excluding hydrogens is 1540 g/mol. The van der Waals surface area contributed by atoms with E-state index < -0.39 is 41.4 Å². The Balaban J connectivity index is 0.505. The summed E-state index contributed by atoms with van der Waals surface area (Å²) in [7, 11) is 8.04. The molecule has 8 aromatic rings. The number of nitrogens with one attached hydrogen (secondary N) is 10. The van der Waals surface area contributed by atoms with Gasteiger partial charge in [-0.1, -0.05) is 29.8 Å². The molecule has 0 saturated carbocycles. The lowest BCUT2D eigenvalue weighted by Gasteiger charge is -2.39. The van der Waals surface area contributed by atoms with Crippen LogP contribution in [-0.4, -0.2) is 241 Å². The third-order valence-corrected chi connectivity index (χ3v) is 18.3. The van der Waals surface area contributed by atoms with Gasteiger partial charge in [-0.05, 0) is 90.7 Å². The molecule has 37 nitrogen and oxygen atoms in total. The van der Waals surface area contributed by atoms with Crippen LogP contribution in [0.25, 0.3) is 11.1 Å². The Hall–Kier alpha value is -11.7. The third kappa shape index (κ3) is 28.3. The minimum Gasteiger partial charge on any atom is -0.378 e. The summed E-state index contributed by atoms with van der Waals surface area (Å²) in [6, 6.07) is 24.1. The topological polar surface area (TPSA) is 431 Å². The summed E-state index contributed by atoms with van der Waals surface area (Å²) in [5.74, 6) is -3.87. The van der Waals surface area contributed by atoms with Crippen LogP contribution in [0.3, 0.4) is 0 Å². The van der Waals surface area contributed by atoms with E-state index in [1.165, 1.54) is 55.2 Å². The summed E-state index contributed by atoms with van der Waals surface area (Å²) in [5, 5.41) is 28.5. The number of aromatic nitrogens is 8. The first-order valence-electron chi connectivity index (χ1n) is 38.1. The number of fused-ring (bicyclic) bond motifs is 1. The molecule has 3 aromatic carbocycles. The molecule has 38 heteroatoms. The van der Waals surface area contributed by atoms with Crippen LogP contribution in [0, 0.1) is 0 Å². The zero-order valence-electron chi connectivity index (χ0n) is 66.6. The van der Waals surface area contributed by atoms with Gasteiger partial charge in [0.2, 0.25) is 35.3 Å². The normalized spacial score (nSPS) is 13.0. The number of rotatable bonds is 49. The van der Waals surface area contributed by atoms with Gasteiger partial charge in [0, 0.05) is 159 Å². The molecule has 628 valence electrons. The summed E-state index contributed by atoms with van der Waals surface area (Å²) in [6.45, 7) is 10.1. The lowest BCUT2D eigenvalue weighted by molar-refractivity contribution is -0.121. The average molecular weight is 1640 g/mol. The molecule has 1 aliphatic heterocycles. The van der Waals surface area contributed by atoms with Gasteiger partial charge in [0.1, 0.15) is 11.4 Å². The van der Waals surface area contributed by atoms with Gasteiger partial charge in [0.05, 0.1) is 123 Å². The second kappa shape index (κ2) is 46.2. The molecule has 6 heterocycles. The molecule has 0 fully saturated rings. The zero-order valence-corrected chi connectivity index (χ0v) is 67.3. The van der Waals surface area contributed by atoms with Gasteiger partial charge in [-0.3, -0.25) is 47.9 Å². The zero-order chi connectivity index (χ0) is 83.6. The Morgan fingerprint density at radius 3 is 1.32 bits per heavy atom. The molecule has 10 N–H and O–H groups in total. The van der Waals surface area contributed by atoms with Gasteiger partial charge in [-0.2, -0.15) is 0 Å². The smallest absolute Gasteiger partial charge is 0.291 e. The Morgan fingerprint density at radius 1 is 0.419 bits per heavy atom. The van der Waals surface area contributed by atoms with Crippen molar-refractivity contribution in [2.45, 2.75) is 51.6 Å². The number of halogens is 1. The van der Waals surface area contributed by atoms with E-state index in [0.29, 0.717) is 122 Å². The van der Waals surface area contributed by atoms with Crippen molar-refractivity contribution in [2.24, 2.45) is 35.2 Å². The van der Waals surface area contributed by atoms with Crippen LogP contribution in [0.5, 0.6) is 0 Å². The average Bonchev–Trinajstić information content (AvgIpc) is 1.53. The van der Waals surface area contributed by atoms with Crippen LogP contribution in [-0.2, 0) is 92.3 Å². The number of aryl methyl sites for hydroxylation is 5. The highest BCUT2D eigenvalue weighted by Crippen LogP contribution is 2.41. The molecule has 0 unspecified atom stereocenters. The van der Waals surface area contributed by atoms with Gasteiger partial charge in [0.15, 0.2) is 17.5 Å². The van der Waals surface area contributed by atoms with Crippen molar-refractivity contribution in [1.29, 1.82) is 0 Å². The van der Waals surface area contributed by atoms with E-state index >= 15 is 0 Å². The lowest BCUT2D eigenvalue weighted by atomic mass is 9.88. The predicted molar refractivity (Wildman–Crippen MR) is 433 cm³/mol. The number of amides is 10. The molecule has 2 atom stereocenters. The summed E-state index contributed by atoms with van der Waals surface area (Å²) >= 11 is 6.14. The fourth-order valence-corrected chi connectivity index (χ4v) is 12.4. The standard InChI is InChI=1S/C79H102ClN19O18/c1-52-44-62(87-58-15-13-57(80)14-16-58)61-45-56(12-17-63(61)99(52)53(2)100)54-8-10-55(11-9-54)74(104)86-26-29-111-31-33-113-35-37-115-39-41-117-43-42-116-40-38-114-36-34-112-32-30-110-28-25-81-68(101)18-21-85-77(107)72-92-66(50-97(72)6)90-69(102)19-22-84-76(106)65-47-60(49-96(65)5)89-79(109)73-93-67(51-98(73)7)91-70(103)20-23-83-75(105)64-46-59(48-95(64)4)88-78(108)71-82-24-27-94(71)3/h8-17,24,27,45-52,62,87H,18-23,25-26,28-44H2,1-7H3,(H,81,101)(H,83,105)(H,84,106)(H,85,107)(H,86,104)(H,88,108)(H,89,109)(H,90,102)(H,91,103)/t52-,62+/m0/s1. The lowest BCUT2D eigenvalue weighted by Crippen LogP contribution is -2.43. The molecule has 10 amide bonds. The molecule has 0 spiro atoms. The Kier molecular flexibility index (Phi) is 35.2. The molecule has 0 aliphatic carbocycles. The van der Waals surface area contributed by atoms with Crippen LogP contribution < -0.4 is 58.1 Å². The van der Waals surface area contributed by atoms with Gasteiger partial charge in [-0.15, -0.1) is 0 Å². The third-order valence-electron chi connectivity index (χ3n) is 18.0. The SMILES string of the molecule is CC(=O)N1c2ccc(-c3ccc(C(=O)NCCOCCOCCOCCOCCOCCOCCOCCOCCNC(=O)CCNC(=O)c4nc(NC(=O)CCNC(=O)c5cc(NC(=O)c6nc(NC(=O)CCNC(=O)c7cc(NC(=O)c8nccn8C)cn7C)cn6C)cn5C)cn4C)cc3)cc2[C@H](Nc2ccc(Cl)cc2)C[C@@H]1C. The van der Waals surface area contributed by atoms with Gasteiger partial charge in [0.25, 0.3) is 35.4 Å². The van der Waals surface area contributed by atoms with Gasteiger partial charge < -0.3 is 119 Å². The molecule has 9 rings (SSSR count). The first-order valence-corrected chi connectivity index (χ1v) is 38.5. The number of hydrogen-bond donors (Lipinski definition) is 10. The molecule has 1 aliphatic rings. The molecule has 0 bridgehead atoms. The Morgan fingerprint density at radius 2 is 0.846 bits per heavy atom. The minimum atomic E-state index is -0.641. The number of anilines is 6. The quantitative estimate of drug-likeness (QED) is 0.0224. The van der Waals surface area contributed by atoms with Crippen LogP contribution >= 0.6 is 11.6 Å². The summed E-state index contributed by atoms with van der Waals surface area (Å²) in [5.41, 5.74) is 6.35. The number of imidazole rings is 3. The highest BCUT2D eigenvalue weighted by molar-refractivity contribution is 6.30. The molecule has 0 saturated heterocycles. The maximum atomic E-state index is 13.3. The van der Waals surface area contributed by atoms with Crippen molar-refractivity contribution in [3.8, 4) is 11.1 Å². The number of benzene rings is 3. The van der Waals surface area contributed by atoms with Crippen LogP contribution in [0.4, 0.5) is 34.4 Å². The highest BCUT2D eigenvalue weighted by atomic mass is 35.5. The van der Waals surface area contributed by atoms with Crippen molar-refractivity contribution < 1.29 is 85.8 Å². The van der Waals surface area contributed by atoms with E-state index in [4.69, 9.17) is 49.5 Å². The minimum absolute atomic E-state index is 0.00654. The summed E-state index contributed by atoms with van der Waals surface area (Å²) in [4.78, 5) is 143. The molecule has 5 aromatic heterocycles. The van der Waals surface area contributed by atoms with Crippen molar-refractivity contribution in [2.75, 3.05) is 170 Å². The van der Waals surface area contributed by atoms with E-state index in [2.05, 4.69) is 81.1 Å². The number of nitrogens with zero attached hydrogens (tertiary/aromatic N) is 9. The number of carbonyl (C=O) groups is 10. The van der Waals surface area contributed by atoms with Crippen LogP contribution in [0.1, 0.15) is 114 Å². The number of hydrogen-bond acceptors (Lipinski definition) is 22. The van der Waals surface area contributed by atoms with E-state index in [1.54, 1.807) is 71.3 Å². The number of ether oxygens (including phenoxy) is 8.